The number of carboxylic acid groups (broad SMARTS) is 1. The summed E-state index contributed by atoms with van der Waals surface area (Å²) in [5, 5.41) is 9.80. The highest BCUT2D eigenvalue weighted by Crippen LogP contribution is 2.16. The Morgan fingerprint density at radius 3 is 2.76 bits per heavy atom. The number of nitrogens with zero attached hydrogens (tertiary/aromatic N) is 1. The molecule has 88 valence electrons. The van der Waals surface area contributed by atoms with Crippen molar-refractivity contribution < 1.29 is 9.90 Å². The number of aliphatic carboxylic acids is 1. The smallest absolute Gasteiger partial charge is 0.305 e. The summed E-state index contributed by atoms with van der Waals surface area (Å²) in [5.74, 6) is -0.926. The number of carboxylic acids is 1. The molecule has 0 aliphatic carbocycles. The summed E-state index contributed by atoms with van der Waals surface area (Å²) in [6, 6.07) is 6.85. The first-order chi connectivity index (χ1) is 8.09. The first kappa shape index (κ1) is 11.2. The standard InChI is InChI=1S/C12H12N2O3/c13-10-3-1-2-9-8(10)4-6-14(12(9)17)7-5-11(15)16/h1-4,6H,5,7,13H2,(H,15,16). The van der Waals surface area contributed by atoms with Crippen molar-refractivity contribution in [3.05, 3.63) is 40.8 Å². The van der Waals surface area contributed by atoms with Gasteiger partial charge in [0.15, 0.2) is 0 Å². The van der Waals surface area contributed by atoms with Crippen LogP contribution >= 0.6 is 0 Å². The van der Waals surface area contributed by atoms with Crippen LogP contribution in [0.2, 0.25) is 0 Å². The molecule has 0 fully saturated rings. The molecular weight excluding hydrogens is 220 g/mol. The molecule has 5 nitrogen and oxygen atoms in total. The van der Waals surface area contributed by atoms with E-state index < -0.39 is 5.97 Å². The second kappa shape index (κ2) is 4.29. The second-order valence-corrected chi connectivity index (χ2v) is 3.77. The Morgan fingerprint density at radius 2 is 2.06 bits per heavy atom. The van der Waals surface area contributed by atoms with E-state index >= 15 is 0 Å². The Labute approximate surface area is 97.1 Å². The molecule has 0 saturated heterocycles. The molecule has 0 spiro atoms. The lowest BCUT2D eigenvalue weighted by Crippen LogP contribution is -2.21. The van der Waals surface area contributed by atoms with Crippen LogP contribution in [0.4, 0.5) is 5.69 Å². The number of rotatable bonds is 3. The molecule has 2 rings (SSSR count). The van der Waals surface area contributed by atoms with Gasteiger partial charge < -0.3 is 15.4 Å². The number of fused-ring (bicyclic) bond motifs is 1. The van der Waals surface area contributed by atoms with E-state index in [0.717, 1.165) is 0 Å². The lowest BCUT2D eigenvalue weighted by atomic mass is 10.1. The monoisotopic (exact) mass is 232 g/mol. The van der Waals surface area contributed by atoms with E-state index in [1.807, 2.05) is 0 Å². The van der Waals surface area contributed by atoms with Crippen molar-refractivity contribution in [2.75, 3.05) is 5.73 Å². The summed E-state index contributed by atoms with van der Waals surface area (Å²) in [6.07, 6.45) is 1.50. The van der Waals surface area contributed by atoms with Gasteiger partial charge >= 0.3 is 5.97 Å². The van der Waals surface area contributed by atoms with Crippen LogP contribution in [0, 0.1) is 0 Å². The zero-order valence-corrected chi connectivity index (χ0v) is 9.09. The van der Waals surface area contributed by atoms with Gasteiger partial charge in [-0.3, -0.25) is 9.59 Å². The van der Waals surface area contributed by atoms with Crippen molar-refractivity contribution >= 4 is 22.4 Å². The number of nitrogens with two attached hydrogens (primary N) is 1. The van der Waals surface area contributed by atoms with Crippen LogP contribution in [0.3, 0.4) is 0 Å². The topological polar surface area (TPSA) is 85.3 Å². The lowest BCUT2D eigenvalue weighted by Gasteiger charge is -2.06. The van der Waals surface area contributed by atoms with Crippen molar-refractivity contribution in [3.63, 3.8) is 0 Å². The molecule has 0 aliphatic heterocycles. The normalized spacial score (nSPS) is 10.6. The van der Waals surface area contributed by atoms with Gasteiger partial charge in [-0.2, -0.15) is 0 Å². The van der Waals surface area contributed by atoms with Crippen LogP contribution in [0.25, 0.3) is 10.8 Å². The first-order valence-corrected chi connectivity index (χ1v) is 5.19. The minimum Gasteiger partial charge on any atom is -0.481 e. The van der Waals surface area contributed by atoms with Gasteiger partial charge in [0.05, 0.1) is 6.42 Å². The van der Waals surface area contributed by atoms with Gasteiger partial charge in [0.2, 0.25) is 0 Å². The maximum atomic E-state index is 12.0. The lowest BCUT2D eigenvalue weighted by molar-refractivity contribution is -0.137. The highest BCUT2D eigenvalue weighted by atomic mass is 16.4. The predicted molar refractivity (Wildman–Crippen MR) is 64.9 cm³/mol. The molecule has 0 radical (unpaired) electrons. The van der Waals surface area contributed by atoms with Gasteiger partial charge in [-0.15, -0.1) is 0 Å². The van der Waals surface area contributed by atoms with Crippen molar-refractivity contribution in [2.24, 2.45) is 0 Å². The Bertz CT molecular complexity index is 631. The summed E-state index contributed by atoms with van der Waals surface area (Å²) in [5.41, 5.74) is 6.09. The minimum absolute atomic E-state index is 0.0757. The zero-order chi connectivity index (χ0) is 12.4. The molecule has 1 aromatic heterocycles. The molecule has 0 saturated carbocycles. The van der Waals surface area contributed by atoms with Gasteiger partial charge in [-0.05, 0) is 18.2 Å². The summed E-state index contributed by atoms with van der Waals surface area (Å²) in [6.45, 7) is 0.166. The van der Waals surface area contributed by atoms with Crippen molar-refractivity contribution in [2.45, 2.75) is 13.0 Å². The highest BCUT2D eigenvalue weighted by Gasteiger charge is 2.05. The number of anilines is 1. The van der Waals surface area contributed by atoms with Crippen LogP contribution in [0.1, 0.15) is 6.42 Å². The maximum Gasteiger partial charge on any atom is 0.305 e. The molecule has 3 N–H and O–H groups in total. The van der Waals surface area contributed by atoms with Gasteiger partial charge in [-0.25, -0.2) is 0 Å². The molecule has 0 atom stereocenters. The molecule has 0 unspecified atom stereocenters. The summed E-state index contributed by atoms with van der Waals surface area (Å²) >= 11 is 0. The number of pyridine rings is 1. The third-order valence-corrected chi connectivity index (χ3v) is 2.62. The number of aryl methyl sites for hydroxylation is 1. The average Bonchev–Trinajstić information content (AvgIpc) is 2.29. The quantitative estimate of drug-likeness (QED) is 0.775. The number of carbonyl (C=O) groups is 1. The van der Waals surface area contributed by atoms with Crippen molar-refractivity contribution in [3.8, 4) is 0 Å². The molecule has 5 heteroatoms. The highest BCUT2D eigenvalue weighted by molar-refractivity contribution is 5.91. The van der Waals surface area contributed by atoms with Gasteiger partial charge in [0.25, 0.3) is 5.56 Å². The van der Waals surface area contributed by atoms with Crippen LogP contribution in [0.15, 0.2) is 35.3 Å². The second-order valence-electron chi connectivity index (χ2n) is 3.77. The Balaban J connectivity index is 2.51. The van der Waals surface area contributed by atoms with E-state index in [1.54, 1.807) is 30.5 Å². The van der Waals surface area contributed by atoms with E-state index in [-0.39, 0.29) is 18.5 Å². The molecule has 1 aromatic carbocycles. The minimum atomic E-state index is -0.926. The maximum absolute atomic E-state index is 12.0. The SMILES string of the molecule is Nc1cccc2c(=O)n(CCC(=O)O)ccc12. The van der Waals surface area contributed by atoms with Crippen molar-refractivity contribution in [1.82, 2.24) is 4.57 Å². The van der Waals surface area contributed by atoms with Crippen LogP contribution in [0.5, 0.6) is 0 Å². The Kier molecular flexibility index (Phi) is 2.82. The Morgan fingerprint density at radius 1 is 1.29 bits per heavy atom. The zero-order valence-electron chi connectivity index (χ0n) is 9.09. The van der Waals surface area contributed by atoms with E-state index in [9.17, 15) is 9.59 Å². The van der Waals surface area contributed by atoms with E-state index in [1.165, 1.54) is 4.57 Å². The van der Waals surface area contributed by atoms with E-state index in [4.69, 9.17) is 10.8 Å². The molecule has 0 aliphatic rings. The van der Waals surface area contributed by atoms with Crippen LogP contribution in [-0.4, -0.2) is 15.6 Å². The fraction of sp³-hybridized carbons (Fsp3) is 0.167. The first-order valence-electron chi connectivity index (χ1n) is 5.19. The average molecular weight is 232 g/mol. The fourth-order valence-electron chi connectivity index (χ4n) is 1.73. The van der Waals surface area contributed by atoms with E-state index in [0.29, 0.717) is 16.5 Å². The number of hydrogen-bond acceptors (Lipinski definition) is 3. The summed E-state index contributed by atoms with van der Waals surface area (Å²) < 4.78 is 1.38. The predicted octanol–water partition coefficient (Wildman–Crippen LogP) is 1.06. The molecule has 0 bridgehead atoms. The number of nitrogen functional groups attached to an aromatic ring is 1. The fourth-order valence-corrected chi connectivity index (χ4v) is 1.73. The third kappa shape index (κ3) is 2.13. The van der Waals surface area contributed by atoms with Crippen LogP contribution in [-0.2, 0) is 11.3 Å². The molecule has 1 heterocycles. The molecule has 2 aromatic rings. The number of benzene rings is 1. The number of aromatic nitrogens is 1. The Hall–Kier alpha value is -2.30. The van der Waals surface area contributed by atoms with Gasteiger partial charge in [-0.1, -0.05) is 6.07 Å². The van der Waals surface area contributed by atoms with E-state index in [2.05, 4.69) is 0 Å². The number of hydrogen-bond donors (Lipinski definition) is 2. The largest absolute Gasteiger partial charge is 0.481 e. The third-order valence-electron chi connectivity index (χ3n) is 2.62. The molecule has 17 heavy (non-hydrogen) atoms. The van der Waals surface area contributed by atoms with Crippen molar-refractivity contribution in [1.29, 1.82) is 0 Å². The molecule has 0 amide bonds. The summed E-state index contributed by atoms with van der Waals surface area (Å²) in [4.78, 5) is 22.5. The van der Waals surface area contributed by atoms with Gasteiger partial charge in [0.1, 0.15) is 0 Å². The van der Waals surface area contributed by atoms with Gasteiger partial charge in [0, 0.05) is 29.2 Å². The molecular formula is C12H12N2O3. The van der Waals surface area contributed by atoms with Crippen LogP contribution < -0.4 is 11.3 Å². The summed E-state index contributed by atoms with van der Waals surface area (Å²) in [7, 11) is 0.